The van der Waals surface area contributed by atoms with Crippen LogP contribution in [0.4, 0.5) is 11.4 Å². The number of rotatable bonds is 3. The molecule has 1 N–H and O–H groups in total. The van der Waals surface area contributed by atoms with Crippen molar-refractivity contribution in [1.29, 1.82) is 0 Å². The lowest BCUT2D eigenvalue weighted by Crippen LogP contribution is -2.13. The number of hydrogen-bond donors (Lipinski definition) is 1. The highest BCUT2D eigenvalue weighted by molar-refractivity contribution is 6.04. The summed E-state index contributed by atoms with van der Waals surface area (Å²) in [5, 5.41) is 13.5. The van der Waals surface area contributed by atoms with Crippen molar-refractivity contribution >= 4 is 17.3 Å². The lowest BCUT2D eigenvalue weighted by Gasteiger charge is -2.19. The molecule has 0 aliphatic heterocycles. The Balaban J connectivity index is 2.15. The van der Waals surface area contributed by atoms with Gasteiger partial charge < -0.3 is 5.32 Å². The molecule has 0 aliphatic rings. The van der Waals surface area contributed by atoms with E-state index < -0.39 is 4.92 Å². The second-order valence-corrected chi connectivity index (χ2v) is 6.09. The van der Waals surface area contributed by atoms with Crippen LogP contribution in [0.2, 0.25) is 0 Å². The number of benzene rings is 2. The molecule has 0 spiro atoms. The first kappa shape index (κ1) is 15.7. The number of nitro benzene ring substituents is 1. The Labute approximate surface area is 129 Å². The van der Waals surface area contributed by atoms with Gasteiger partial charge in [-0.05, 0) is 29.2 Å². The van der Waals surface area contributed by atoms with Crippen LogP contribution in [0.5, 0.6) is 0 Å². The number of nitrogens with zero attached hydrogens (tertiary/aromatic N) is 1. The van der Waals surface area contributed by atoms with Gasteiger partial charge in [0.05, 0.1) is 4.92 Å². The molecular weight excluding hydrogens is 280 g/mol. The van der Waals surface area contributed by atoms with Gasteiger partial charge in [-0.15, -0.1) is 0 Å². The second-order valence-electron chi connectivity index (χ2n) is 6.09. The average molecular weight is 298 g/mol. The third-order valence-electron chi connectivity index (χ3n) is 3.33. The van der Waals surface area contributed by atoms with Crippen molar-refractivity contribution < 1.29 is 9.72 Å². The molecular formula is C17H18N2O3. The highest BCUT2D eigenvalue weighted by atomic mass is 16.6. The zero-order chi connectivity index (χ0) is 16.3. The molecule has 0 saturated carbocycles. The van der Waals surface area contributed by atoms with Gasteiger partial charge in [-0.25, -0.2) is 0 Å². The summed E-state index contributed by atoms with van der Waals surface area (Å²) in [6.45, 7) is 6.34. The van der Waals surface area contributed by atoms with Crippen molar-refractivity contribution in [2.24, 2.45) is 0 Å². The van der Waals surface area contributed by atoms with Gasteiger partial charge in [0.15, 0.2) is 0 Å². The minimum Gasteiger partial charge on any atom is -0.322 e. The van der Waals surface area contributed by atoms with Crippen molar-refractivity contribution in [3.05, 3.63) is 69.8 Å². The molecule has 5 heteroatoms. The first-order valence-electron chi connectivity index (χ1n) is 6.94. The molecule has 0 heterocycles. The first-order chi connectivity index (χ1) is 10.3. The summed E-state index contributed by atoms with van der Waals surface area (Å²) in [4.78, 5) is 22.4. The van der Waals surface area contributed by atoms with E-state index in [0.29, 0.717) is 5.69 Å². The largest absolute Gasteiger partial charge is 0.322 e. The fourth-order valence-corrected chi connectivity index (χ4v) is 2.02. The Morgan fingerprint density at radius 2 is 1.73 bits per heavy atom. The molecule has 2 aromatic rings. The monoisotopic (exact) mass is 298 g/mol. The topological polar surface area (TPSA) is 72.2 Å². The van der Waals surface area contributed by atoms with Gasteiger partial charge in [-0.1, -0.05) is 39.0 Å². The van der Waals surface area contributed by atoms with E-state index >= 15 is 0 Å². The van der Waals surface area contributed by atoms with E-state index in [1.54, 1.807) is 6.07 Å². The van der Waals surface area contributed by atoms with Gasteiger partial charge in [0.25, 0.3) is 11.6 Å². The molecule has 22 heavy (non-hydrogen) atoms. The maximum Gasteiger partial charge on any atom is 0.270 e. The molecule has 0 saturated heterocycles. The molecule has 0 unspecified atom stereocenters. The third-order valence-corrected chi connectivity index (χ3v) is 3.33. The molecule has 2 rings (SSSR count). The van der Waals surface area contributed by atoms with Crippen LogP contribution in [0.15, 0.2) is 48.5 Å². The van der Waals surface area contributed by atoms with Crippen LogP contribution in [0, 0.1) is 10.1 Å². The molecule has 5 nitrogen and oxygen atoms in total. The summed E-state index contributed by atoms with van der Waals surface area (Å²) in [7, 11) is 0. The molecule has 0 atom stereocenters. The van der Waals surface area contributed by atoms with Crippen molar-refractivity contribution in [3.63, 3.8) is 0 Å². The Bertz CT molecular complexity index is 701. The van der Waals surface area contributed by atoms with E-state index in [0.717, 1.165) is 0 Å². The summed E-state index contributed by atoms with van der Waals surface area (Å²) in [6.07, 6.45) is 0. The lowest BCUT2D eigenvalue weighted by molar-refractivity contribution is -0.384. The highest BCUT2D eigenvalue weighted by Crippen LogP contribution is 2.23. The standard InChI is InChI=1S/C17H18N2O3/c1-17(2,3)13-7-9-14(10-8-13)18-16(20)12-5-4-6-15(11-12)19(21)22/h4-11H,1-3H3,(H,18,20). The van der Waals surface area contributed by atoms with E-state index in [2.05, 4.69) is 26.1 Å². The first-order valence-corrected chi connectivity index (χ1v) is 6.94. The van der Waals surface area contributed by atoms with Crippen LogP contribution in [0.1, 0.15) is 36.7 Å². The van der Waals surface area contributed by atoms with Crippen LogP contribution in [0.25, 0.3) is 0 Å². The predicted octanol–water partition coefficient (Wildman–Crippen LogP) is 4.14. The molecule has 0 radical (unpaired) electrons. The van der Waals surface area contributed by atoms with Crippen molar-refractivity contribution in [3.8, 4) is 0 Å². The SMILES string of the molecule is CC(C)(C)c1ccc(NC(=O)c2cccc([N+](=O)[O-])c2)cc1. The van der Waals surface area contributed by atoms with E-state index in [-0.39, 0.29) is 22.6 Å². The lowest BCUT2D eigenvalue weighted by atomic mass is 9.87. The number of anilines is 1. The summed E-state index contributed by atoms with van der Waals surface area (Å²) in [6, 6.07) is 13.2. The van der Waals surface area contributed by atoms with Crippen molar-refractivity contribution in [1.82, 2.24) is 0 Å². The van der Waals surface area contributed by atoms with Crippen LogP contribution in [-0.2, 0) is 5.41 Å². The number of carbonyl (C=O) groups is 1. The zero-order valence-corrected chi connectivity index (χ0v) is 12.8. The van der Waals surface area contributed by atoms with Crippen LogP contribution >= 0.6 is 0 Å². The summed E-state index contributed by atoms with van der Waals surface area (Å²) in [5.41, 5.74) is 2.03. The van der Waals surface area contributed by atoms with Crippen LogP contribution in [0.3, 0.4) is 0 Å². The highest BCUT2D eigenvalue weighted by Gasteiger charge is 2.14. The normalized spacial score (nSPS) is 11.0. The number of non-ortho nitro benzene ring substituents is 1. The van der Waals surface area contributed by atoms with E-state index in [9.17, 15) is 14.9 Å². The fraction of sp³-hybridized carbons (Fsp3) is 0.235. The van der Waals surface area contributed by atoms with Crippen LogP contribution < -0.4 is 5.32 Å². The maximum absolute atomic E-state index is 12.1. The molecule has 0 bridgehead atoms. The van der Waals surface area contributed by atoms with Crippen molar-refractivity contribution in [2.75, 3.05) is 5.32 Å². The predicted molar refractivity (Wildman–Crippen MR) is 86.2 cm³/mol. The fourth-order valence-electron chi connectivity index (χ4n) is 2.02. The Morgan fingerprint density at radius 3 is 2.27 bits per heavy atom. The Morgan fingerprint density at radius 1 is 1.09 bits per heavy atom. The molecule has 1 amide bonds. The molecule has 114 valence electrons. The minimum atomic E-state index is -0.519. The third kappa shape index (κ3) is 3.69. The Hall–Kier alpha value is -2.69. The van der Waals surface area contributed by atoms with Gasteiger partial charge in [-0.2, -0.15) is 0 Å². The smallest absolute Gasteiger partial charge is 0.270 e. The number of hydrogen-bond acceptors (Lipinski definition) is 3. The number of nitrogens with one attached hydrogen (secondary N) is 1. The molecule has 0 fully saturated rings. The van der Waals surface area contributed by atoms with Crippen LogP contribution in [-0.4, -0.2) is 10.8 Å². The van der Waals surface area contributed by atoms with E-state index in [4.69, 9.17) is 0 Å². The van der Waals surface area contributed by atoms with Gasteiger partial charge >= 0.3 is 0 Å². The van der Waals surface area contributed by atoms with Crippen molar-refractivity contribution in [2.45, 2.75) is 26.2 Å². The second kappa shape index (κ2) is 5.97. The minimum absolute atomic E-state index is 0.0442. The number of amides is 1. The Kier molecular flexibility index (Phi) is 4.26. The average Bonchev–Trinajstić information content (AvgIpc) is 2.47. The van der Waals surface area contributed by atoms with Gasteiger partial charge in [0.2, 0.25) is 0 Å². The van der Waals surface area contributed by atoms with E-state index in [1.165, 1.54) is 23.8 Å². The molecule has 2 aromatic carbocycles. The molecule has 0 aromatic heterocycles. The summed E-state index contributed by atoms with van der Waals surface area (Å²) in [5.74, 6) is -0.368. The molecule has 0 aliphatic carbocycles. The summed E-state index contributed by atoms with van der Waals surface area (Å²) >= 11 is 0. The number of nitro groups is 1. The van der Waals surface area contributed by atoms with Gasteiger partial charge in [0.1, 0.15) is 0 Å². The quantitative estimate of drug-likeness (QED) is 0.683. The van der Waals surface area contributed by atoms with Gasteiger partial charge in [0, 0.05) is 23.4 Å². The van der Waals surface area contributed by atoms with E-state index in [1.807, 2.05) is 24.3 Å². The van der Waals surface area contributed by atoms with Gasteiger partial charge in [-0.3, -0.25) is 14.9 Å². The zero-order valence-electron chi connectivity index (χ0n) is 12.8. The number of carbonyl (C=O) groups excluding carboxylic acids is 1. The maximum atomic E-state index is 12.1. The summed E-state index contributed by atoms with van der Waals surface area (Å²) < 4.78 is 0.